The number of hydrogen-bond donors (Lipinski definition) is 1. The van der Waals surface area contributed by atoms with Crippen LogP contribution in [0.25, 0.3) is 27.1 Å². The highest BCUT2D eigenvalue weighted by Gasteiger charge is 2.58. The summed E-state index contributed by atoms with van der Waals surface area (Å²) in [7, 11) is -3.23. The Labute approximate surface area is 245 Å². The lowest BCUT2D eigenvalue weighted by molar-refractivity contribution is -0.0311. The van der Waals surface area contributed by atoms with Crippen LogP contribution in [0.15, 0.2) is 12.5 Å². The monoisotopic (exact) mass is 591 g/mol. The zero-order valence-electron chi connectivity index (χ0n) is 24.5. The molecule has 11 heteroatoms. The molecule has 3 atom stereocenters. The molecule has 0 radical (unpaired) electrons. The van der Waals surface area contributed by atoms with Gasteiger partial charge in [0.15, 0.2) is 5.65 Å². The van der Waals surface area contributed by atoms with Gasteiger partial charge in [-0.05, 0) is 73.6 Å². The first-order valence-corrected chi connectivity index (χ1v) is 17.1. The molecular formula is C30H37N7O2S2. The average Bonchev–Trinajstić information content (AvgIpc) is 3.69. The summed E-state index contributed by atoms with van der Waals surface area (Å²) in [5, 5.41) is 15.4. The fraction of sp³-hybridized carbons (Fsp3) is 0.567. The van der Waals surface area contributed by atoms with E-state index in [1.165, 1.54) is 53.6 Å². The van der Waals surface area contributed by atoms with Gasteiger partial charge in [-0.25, -0.2) is 17.9 Å². The van der Waals surface area contributed by atoms with Crippen LogP contribution >= 0.6 is 11.3 Å². The van der Waals surface area contributed by atoms with E-state index in [-0.39, 0.29) is 5.54 Å². The van der Waals surface area contributed by atoms with Gasteiger partial charge in [-0.15, -0.1) is 11.3 Å². The van der Waals surface area contributed by atoms with Crippen molar-refractivity contribution in [3.8, 4) is 17.3 Å². The molecule has 3 fully saturated rings. The van der Waals surface area contributed by atoms with Crippen molar-refractivity contribution in [2.24, 2.45) is 5.92 Å². The van der Waals surface area contributed by atoms with E-state index in [1.807, 2.05) is 15.9 Å². The molecule has 4 aromatic rings. The Kier molecular flexibility index (Phi) is 6.02. The molecular weight excluding hydrogens is 555 g/mol. The van der Waals surface area contributed by atoms with Gasteiger partial charge in [0, 0.05) is 47.7 Å². The van der Waals surface area contributed by atoms with Crippen LogP contribution in [0.5, 0.6) is 0 Å². The molecule has 3 aliphatic rings. The largest absolute Gasteiger partial charge is 0.346 e. The second-order valence-electron chi connectivity index (χ2n) is 12.9. The highest BCUT2D eigenvalue weighted by molar-refractivity contribution is 7.88. The molecule has 0 amide bonds. The van der Waals surface area contributed by atoms with Gasteiger partial charge < -0.3 is 4.98 Å². The molecule has 1 N–H and O–H groups in total. The van der Waals surface area contributed by atoms with E-state index >= 15 is 0 Å². The van der Waals surface area contributed by atoms with Gasteiger partial charge in [-0.2, -0.15) is 14.7 Å². The highest BCUT2D eigenvalue weighted by atomic mass is 32.2. The first-order valence-electron chi connectivity index (χ1n) is 14.5. The topological polar surface area (TPSA) is 110 Å². The van der Waals surface area contributed by atoms with Gasteiger partial charge in [-0.1, -0.05) is 13.8 Å². The molecule has 1 aliphatic carbocycles. The third kappa shape index (κ3) is 3.87. The molecule has 216 valence electrons. The molecule has 6 heterocycles. The highest BCUT2D eigenvalue weighted by Crippen LogP contribution is 2.55. The number of aromatic amines is 1. The van der Waals surface area contributed by atoms with Crippen molar-refractivity contribution in [2.75, 3.05) is 25.9 Å². The first kappa shape index (κ1) is 27.1. The molecule has 0 spiro atoms. The standard InChI is InChI=1S/C30H37N7O2S2/c1-16(2)24-25-19(5)27(40-29(25)34-26(24)23-12-37-28(32-15-33-37)18(4)17(23)3)22-10-21-9-20(22)11-36(21)30(7-8-31)13-35(14-30)41(6,38)39/h12,15-16,20-22,34H,7,9-11,13-14H2,1-6H3/t20-,21?,22+/m0/s1. The number of nitriles is 1. The first-order chi connectivity index (χ1) is 19.4. The predicted octanol–water partition coefficient (Wildman–Crippen LogP) is 5.09. The maximum atomic E-state index is 12.1. The van der Waals surface area contributed by atoms with Crippen LogP contribution in [-0.2, 0) is 10.0 Å². The number of piperidine rings is 1. The van der Waals surface area contributed by atoms with Crippen molar-refractivity contribution in [2.45, 2.75) is 77.3 Å². The number of likely N-dealkylation sites (tertiary alicyclic amines) is 1. The summed E-state index contributed by atoms with van der Waals surface area (Å²) in [5.41, 5.74) is 8.07. The zero-order chi connectivity index (χ0) is 29.0. The van der Waals surface area contributed by atoms with E-state index in [0.717, 1.165) is 30.6 Å². The third-order valence-corrected chi connectivity index (χ3v) is 12.8. The quantitative estimate of drug-likeness (QED) is 0.334. The van der Waals surface area contributed by atoms with Gasteiger partial charge in [0.25, 0.3) is 0 Å². The molecule has 7 rings (SSSR count). The van der Waals surface area contributed by atoms with Gasteiger partial charge in [-0.3, -0.25) is 4.90 Å². The minimum absolute atomic E-state index is 0.334. The minimum Gasteiger partial charge on any atom is -0.346 e. The Morgan fingerprint density at radius 2 is 1.95 bits per heavy atom. The normalized spacial score (nSPS) is 24.6. The predicted molar refractivity (Wildman–Crippen MR) is 162 cm³/mol. The maximum absolute atomic E-state index is 12.1. The molecule has 2 saturated heterocycles. The van der Waals surface area contributed by atoms with Crippen LogP contribution in [0, 0.1) is 38.0 Å². The number of nitrogens with zero attached hydrogens (tertiary/aromatic N) is 6. The molecule has 0 aromatic carbocycles. The number of nitrogens with one attached hydrogen (secondary N) is 1. The Hall–Kier alpha value is -2.78. The number of aryl methyl sites for hydroxylation is 2. The van der Waals surface area contributed by atoms with E-state index in [1.54, 1.807) is 6.33 Å². The summed E-state index contributed by atoms with van der Waals surface area (Å²) in [4.78, 5) is 13.5. The maximum Gasteiger partial charge on any atom is 0.211 e. The van der Waals surface area contributed by atoms with E-state index in [2.05, 4.69) is 66.9 Å². The van der Waals surface area contributed by atoms with Crippen LogP contribution < -0.4 is 0 Å². The number of thiophene rings is 1. The molecule has 9 nitrogen and oxygen atoms in total. The Morgan fingerprint density at radius 3 is 2.59 bits per heavy atom. The van der Waals surface area contributed by atoms with E-state index in [4.69, 9.17) is 0 Å². The van der Waals surface area contributed by atoms with Crippen LogP contribution in [-0.4, -0.2) is 74.7 Å². The lowest BCUT2D eigenvalue weighted by Crippen LogP contribution is -2.72. The van der Waals surface area contributed by atoms with Gasteiger partial charge in [0.1, 0.15) is 11.2 Å². The number of H-pyrrole nitrogens is 1. The van der Waals surface area contributed by atoms with Crippen LogP contribution in [0.3, 0.4) is 0 Å². The van der Waals surface area contributed by atoms with Crippen molar-refractivity contribution < 1.29 is 8.42 Å². The minimum atomic E-state index is -3.23. The smallest absolute Gasteiger partial charge is 0.211 e. The lowest BCUT2D eigenvalue weighted by atomic mass is 9.82. The Bertz CT molecular complexity index is 1850. The molecule has 1 saturated carbocycles. The Morgan fingerprint density at radius 1 is 1.20 bits per heavy atom. The molecule has 41 heavy (non-hydrogen) atoms. The summed E-state index contributed by atoms with van der Waals surface area (Å²) >= 11 is 1.92. The fourth-order valence-corrected chi connectivity index (χ4v) is 10.5. The second-order valence-corrected chi connectivity index (χ2v) is 16.0. The van der Waals surface area contributed by atoms with Crippen molar-refractivity contribution >= 4 is 37.2 Å². The lowest BCUT2D eigenvalue weighted by Gasteiger charge is -2.55. The number of aromatic nitrogens is 4. The summed E-state index contributed by atoms with van der Waals surface area (Å²) in [5.74, 6) is 1.39. The van der Waals surface area contributed by atoms with E-state index < -0.39 is 10.0 Å². The van der Waals surface area contributed by atoms with Crippen LogP contribution in [0.4, 0.5) is 0 Å². The number of hydrogen-bond acceptors (Lipinski definition) is 7. The molecule has 4 aromatic heterocycles. The van der Waals surface area contributed by atoms with Crippen LogP contribution in [0.1, 0.15) is 72.1 Å². The molecule has 2 bridgehead atoms. The Balaban J connectivity index is 1.22. The van der Waals surface area contributed by atoms with Crippen molar-refractivity contribution in [1.29, 1.82) is 5.26 Å². The summed E-state index contributed by atoms with van der Waals surface area (Å²) in [6, 6.07) is 2.76. The zero-order valence-corrected chi connectivity index (χ0v) is 26.2. The van der Waals surface area contributed by atoms with Gasteiger partial charge in [0.05, 0.1) is 30.0 Å². The molecule has 1 unspecified atom stereocenters. The van der Waals surface area contributed by atoms with E-state index in [0.29, 0.717) is 43.3 Å². The van der Waals surface area contributed by atoms with E-state index in [9.17, 15) is 13.7 Å². The van der Waals surface area contributed by atoms with Crippen molar-refractivity contribution in [1.82, 2.24) is 28.8 Å². The number of pyridine rings is 1. The average molecular weight is 592 g/mol. The summed E-state index contributed by atoms with van der Waals surface area (Å²) in [6.45, 7) is 13.0. The number of fused-ring (bicyclic) bond motifs is 4. The second kappa shape index (κ2) is 9.11. The van der Waals surface area contributed by atoms with Crippen LogP contribution in [0.2, 0.25) is 0 Å². The third-order valence-electron chi connectivity index (χ3n) is 10.2. The van der Waals surface area contributed by atoms with Gasteiger partial charge in [0.2, 0.25) is 10.0 Å². The molecule has 2 aliphatic heterocycles. The number of rotatable bonds is 6. The van der Waals surface area contributed by atoms with Crippen molar-refractivity contribution in [3.05, 3.63) is 39.7 Å². The summed E-state index contributed by atoms with van der Waals surface area (Å²) in [6.07, 6.45) is 7.57. The SMILES string of the molecule is Cc1c(-c2[nH]c3sc([C@@H]4CC5C[C@H]4CN5C4(CC#N)CN(S(C)(=O)=O)C4)c(C)c3c2C(C)C)cn2ncnc2c1C. The van der Waals surface area contributed by atoms with Gasteiger partial charge >= 0.3 is 0 Å². The summed E-state index contributed by atoms with van der Waals surface area (Å²) < 4.78 is 27.6. The number of sulfonamides is 1. The fourth-order valence-electron chi connectivity index (χ4n) is 8.09. The van der Waals surface area contributed by atoms with Crippen molar-refractivity contribution in [3.63, 3.8) is 0 Å².